The highest BCUT2D eigenvalue weighted by Gasteiger charge is 2.33. The summed E-state index contributed by atoms with van der Waals surface area (Å²) in [6.45, 7) is 0. The lowest BCUT2D eigenvalue weighted by Gasteiger charge is -2.24. The molecule has 2 atom stereocenters. The second kappa shape index (κ2) is 11.3. The van der Waals surface area contributed by atoms with E-state index in [1.807, 2.05) is 66.9 Å². The summed E-state index contributed by atoms with van der Waals surface area (Å²) in [7, 11) is 0.537. The summed E-state index contributed by atoms with van der Waals surface area (Å²) in [5.41, 5.74) is 2.15. The predicted molar refractivity (Wildman–Crippen MR) is 136 cm³/mol. The van der Waals surface area contributed by atoms with Crippen molar-refractivity contribution in [1.82, 2.24) is 13.3 Å². The zero-order valence-electron chi connectivity index (χ0n) is 18.9. The van der Waals surface area contributed by atoms with E-state index in [2.05, 4.69) is 4.98 Å². The van der Waals surface area contributed by atoms with Crippen molar-refractivity contribution < 1.29 is 17.9 Å². The van der Waals surface area contributed by atoms with Gasteiger partial charge < -0.3 is 9.47 Å². The van der Waals surface area contributed by atoms with Crippen LogP contribution in [0.5, 0.6) is 0 Å². The van der Waals surface area contributed by atoms with Crippen LogP contribution in [0.25, 0.3) is 0 Å². The zero-order valence-corrected chi connectivity index (χ0v) is 21.4. The molecule has 176 valence electrons. The molecule has 0 saturated carbocycles. The number of benzene rings is 2. The average Bonchev–Trinajstić information content (AvgIpc) is 3.26. The highest BCUT2D eigenvalue weighted by molar-refractivity contribution is 8.22. The molecule has 7 nitrogen and oxygen atoms in total. The Kier molecular flexibility index (Phi) is 8.66. The van der Waals surface area contributed by atoms with E-state index in [4.69, 9.17) is 21.7 Å². The summed E-state index contributed by atoms with van der Waals surface area (Å²) in [5, 5.41) is 0. The van der Waals surface area contributed by atoms with Crippen LogP contribution in [0.4, 0.5) is 0 Å². The third-order valence-electron chi connectivity index (χ3n) is 5.03. The molecule has 1 aromatic heterocycles. The number of thiocarbonyl (C=S) groups is 1. The van der Waals surface area contributed by atoms with Gasteiger partial charge in [-0.2, -0.15) is 12.7 Å². The Morgan fingerprint density at radius 2 is 1.73 bits per heavy atom. The van der Waals surface area contributed by atoms with Gasteiger partial charge in [-0.25, -0.2) is 8.96 Å². The van der Waals surface area contributed by atoms with Crippen molar-refractivity contribution in [2.75, 3.05) is 27.5 Å². The van der Waals surface area contributed by atoms with E-state index in [1.165, 1.54) is 43.1 Å². The van der Waals surface area contributed by atoms with E-state index in [0.717, 1.165) is 15.4 Å². The van der Waals surface area contributed by atoms with Gasteiger partial charge in [-0.15, -0.1) is 0 Å². The van der Waals surface area contributed by atoms with Crippen LogP contribution in [-0.4, -0.2) is 53.5 Å². The van der Waals surface area contributed by atoms with Crippen molar-refractivity contribution in [3.63, 3.8) is 0 Å². The molecule has 0 aliphatic heterocycles. The van der Waals surface area contributed by atoms with Crippen LogP contribution >= 0.6 is 24.0 Å². The maximum Gasteiger partial charge on any atom is 0.308 e. The lowest BCUT2D eigenvalue weighted by atomic mass is 10.1. The molecule has 33 heavy (non-hydrogen) atoms. The Morgan fingerprint density at radius 1 is 1.12 bits per heavy atom. The van der Waals surface area contributed by atoms with Gasteiger partial charge in [0.1, 0.15) is 6.10 Å². The van der Waals surface area contributed by atoms with E-state index >= 15 is 0 Å². The van der Waals surface area contributed by atoms with Gasteiger partial charge in [0.05, 0.1) is 11.9 Å². The smallest absolute Gasteiger partial charge is 0.308 e. The average molecular weight is 506 g/mol. The largest absolute Gasteiger partial charge is 0.467 e. The maximum atomic E-state index is 13.5. The van der Waals surface area contributed by atoms with Crippen LogP contribution in [0.2, 0.25) is 0 Å². The van der Waals surface area contributed by atoms with Gasteiger partial charge in [0, 0.05) is 27.6 Å². The van der Waals surface area contributed by atoms with E-state index in [-0.39, 0.29) is 5.82 Å². The Labute approximate surface area is 204 Å². The summed E-state index contributed by atoms with van der Waals surface area (Å²) < 4.78 is 41.4. The quantitative estimate of drug-likeness (QED) is 0.403. The molecule has 0 fully saturated rings. The fourth-order valence-electron chi connectivity index (χ4n) is 3.41. The number of methoxy groups -OCH3 is 1. The van der Waals surface area contributed by atoms with Crippen molar-refractivity contribution in [3.05, 3.63) is 89.5 Å². The number of rotatable bonds is 9. The van der Waals surface area contributed by atoms with E-state index < -0.39 is 22.4 Å². The molecular weight excluding hydrogens is 478 g/mol. The fourth-order valence-corrected chi connectivity index (χ4v) is 4.87. The predicted octanol–water partition coefficient (Wildman–Crippen LogP) is 4.22. The molecule has 0 amide bonds. The topological polar surface area (TPSA) is 73.7 Å². The van der Waals surface area contributed by atoms with Gasteiger partial charge >= 0.3 is 10.2 Å². The monoisotopic (exact) mass is 505 g/mol. The highest BCUT2D eigenvalue weighted by Crippen LogP contribution is 2.32. The van der Waals surface area contributed by atoms with Crippen molar-refractivity contribution in [3.8, 4) is 0 Å². The number of imidazole rings is 1. The normalized spacial score (nSPS) is 13.6. The molecular formula is C23H27N3O4S3. The van der Waals surface area contributed by atoms with Crippen LogP contribution in [0.15, 0.2) is 66.9 Å². The molecule has 0 aliphatic carbocycles. The molecule has 3 aromatic rings. The van der Waals surface area contributed by atoms with Crippen LogP contribution < -0.4 is 0 Å². The van der Waals surface area contributed by atoms with E-state index in [9.17, 15) is 8.42 Å². The minimum Gasteiger partial charge on any atom is -0.467 e. The number of nitrogens with zero attached hydrogens (tertiary/aromatic N) is 3. The lowest BCUT2D eigenvalue weighted by Crippen LogP contribution is -2.33. The summed E-state index contributed by atoms with van der Waals surface area (Å²) in [5.74, 6) is 0.233. The third-order valence-corrected chi connectivity index (χ3v) is 7.84. The Hall–Kier alpha value is -2.24. The van der Waals surface area contributed by atoms with Gasteiger partial charge in [0.2, 0.25) is 4.38 Å². The fraction of sp³-hybridized carbons (Fsp3) is 0.304. The van der Waals surface area contributed by atoms with E-state index in [0.29, 0.717) is 16.5 Å². The number of thioether (sulfide) groups is 1. The second-order valence-electron chi connectivity index (χ2n) is 7.37. The lowest BCUT2D eigenvalue weighted by molar-refractivity contribution is 0.131. The van der Waals surface area contributed by atoms with Crippen molar-refractivity contribution in [1.29, 1.82) is 0 Å². The standard InChI is InChI=1S/C23H27N3O4S3/c1-25(2)33(27,28)26-19(21(29-3)18-13-9-6-10-14-18)16-24-22(26)20(30-23(31)32-4)15-17-11-7-5-8-12-17/h5-14,16,20-21H,15H2,1-4H3/t20-,21?/m0/s1. The molecule has 1 heterocycles. The second-order valence-corrected chi connectivity index (χ2v) is 10.8. The SMILES string of the molecule is COC(c1ccccc1)c1cnc([C@H](Cc2ccccc2)OC(=S)SC)n1S(=O)(=O)N(C)C. The first-order valence-corrected chi connectivity index (χ1v) is 13.2. The number of hydrogen-bond acceptors (Lipinski definition) is 7. The summed E-state index contributed by atoms with van der Waals surface area (Å²) in [6.07, 6.45) is 2.37. The van der Waals surface area contributed by atoms with Gasteiger partial charge in [0.15, 0.2) is 11.9 Å². The molecule has 0 aliphatic rings. The Balaban J connectivity index is 2.19. The highest BCUT2D eigenvalue weighted by atomic mass is 32.2. The maximum absolute atomic E-state index is 13.5. The molecule has 2 aromatic carbocycles. The van der Waals surface area contributed by atoms with Crippen molar-refractivity contribution in [2.24, 2.45) is 0 Å². The first-order valence-electron chi connectivity index (χ1n) is 10.2. The van der Waals surface area contributed by atoms with Gasteiger partial charge in [-0.3, -0.25) is 0 Å². The zero-order chi connectivity index (χ0) is 24.0. The molecule has 0 N–H and O–H groups in total. The Bertz CT molecular complexity index is 1170. The van der Waals surface area contributed by atoms with Crippen LogP contribution in [0.3, 0.4) is 0 Å². The van der Waals surface area contributed by atoms with Crippen molar-refractivity contribution in [2.45, 2.75) is 18.6 Å². The molecule has 0 radical (unpaired) electrons. The summed E-state index contributed by atoms with van der Waals surface area (Å²) in [6, 6.07) is 19.1. The molecule has 10 heteroatoms. The molecule has 0 spiro atoms. The summed E-state index contributed by atoms with van der Waals surface area (Å²) in [4.78, 5) is 4.53. The van der Waals surface area contributed by atoms with Crippen LogP contribution in [-0.2, 0) is 26.1 Å². The number of aromatic nitrogens is 2. The van der Waals surface area contributed by atoms with E-state index in [1.54, 1.807) is 0 Å². The van der Waals surface area contributed by atoms with Gasteiger partial charge in [0.25, 0.3) is 0 Å². The Morgan fingerprint density at radius 3 is 2.27 bits per heavy atom. The van der Waals surface area contributed by atoms with Crippen LogP contribution in [0, 0.1) is 0 Å². The molecule has 0 bridgehead atoms. The first kappa shape index (κ1) is 25.4. The van der Waals surface area contributed by atoms with Crippen LogP contribution in [0.1, 0.15) is 34.9 Å². The van der Waals surface area contributed by atoms with Gasteiger partial charge in [-0.05, 0) is 29.6 Å². The minimum absolute atomic E-state index is 0.233. The third kappa shape index (κ3) is 5.82. The minimum atomic E-state index is -3.96. The number of ether oxygens (including phenoxy) is 2. The summed E-state index contributed by atoms with van der Waals surface area (Å²) >= 11 is 6.59. The molecule has 0 saturated heterocycles. The first-order chi connectivity index (χ1) is 15.8. The number of hydrogen-bond donors (Lipinski definition) is 0. The molecule has 3 rings (SSSR count). The van der Waals surface area contributed by atoms with Gasteiger partial charge in [-0.1, -0.05) is 72.4 Å². The molecule has 1 unspecified atom stereocenters. The van der Waals surface area contributed by atoms with Crippen molar-refractivity contribution >= 4 is 38.6 Å².